The van der Waals surface area contributed by atoms with Crippen molar-refractivity contribution in [2.24, 2.45) is 11.7 Å². The average Bonchev–Trinajstić information content (AvgIpc) is 3.15. The van der Waals surface area contributed by atoms with Crippen LogP contribution in [0, 0.1) is 5.92 Å². The highest BCUT2D eigenvalue weighted by Crippen LogP contribution is 2.34. The van der Waals surface area contributed by atoms with Gasteiger partial charge in [0.05, 0.1) is 6.04 Å². The summed E-state index contributed by atoms with van der Waals surface area (Å²) in [6.45, 7) is 3.52. The van der Waals surface area contributed by atoms with Crippen molar-refractivity contribution in [1.29, 1.82) is 0 Å². The number of benzene rings is 2. The minimum Gasteiger partial charge on any atom is -0.361 e. The van der Waals surface area contributed by atoms with E-state index < -0.39 is 6.04 Å². The number of anilines is 1. The summed E-state index contributed by atoms with van der Waals surface area (Å²) in [5.74, 6) is 0.164. The number of halogens is 1. The van der Waals surface area contributed by atoms with Crippen LogP contribution in [0.1, 0.15) is 24.0 Å². The van der Waals surface area contributed by atoms with Gasteiger partial charge in [-0.2, -0.15) is 0 Å². The van der Waals surface area contributed by atoms with Crippen molar-refractivity contribution < 1.29 is 4.79 Å². The fourth-order valence-corrected chi connectivity index (χ4v) is 4.60. The Bertz CT molecular complexity index is 1030. The van der Waals surface area contributed by atoms with E-state index >= 15 is 0 Å². The lowest BCUT2D eigenvalue weighted by atomic mass is 9.89. The van der Waals surface area contributed by atoms with Gasteiger partial charge in [-0.1, -0.05) is 36.7 Å². The number of nitrogens with zero attached hydrogens (tertiary/aromatic N) is 1. The van der Waals surface area contributed by atoms with Crippen molar-refractivity contribution in [3.05, 3.63) is 64.8 Å². The van der Waals surface area contributed by atoms with Crippen LogP contribution < -0.4 is 16.0 Å². The van der Waals surface area contributed by atoms with Gasteiger partial charge in [-0.05, 0) is 61.3 Å². The van der Waals surface area contributed by atoms with Gasteiger partial charge >= 0.3 is 0 Å². The van der Waals surface area contributed by atoms with E-state index in [0.717, 1.165) is 40.7 Å². The molecule has 0 fully saturated rings. The first kappa shape index (κ1) is 20.0. The predicted molar refractivity (Wildman–Crippen MR) is 120 cm³/mol. The maximum Gasteiger partial charge on any atom is 0.244 e. The zero-order valence-corrected chi connectivity index (χ0v) is 17.5. The Morgan fingerprint density at radius 3 is 2.93 bits per heavy atom. The third kappa shape index (κ3) is 3.78. The molecular weight excluding hydrogens is 384 g/mol. The summed E-state index contributed by atoms with van der Waals surface area (Å²) in [6, 6.07) is 13.2. The number of fused-ring (bicyclic) bond motifs is 2. The molecule has 0 unspecified atom stereocenters. The normalized spacial score (nSPS) is 18.5. The number of rotatable bonds is 5. The molecule has 4 rings (SSSR count). The van der Waals surface area contributed by atoms with Gasteiger partial charge < -0.3 is 20.9 Å². The number of nitrogens with one attached hydrogen (secondary N) is 2. The molecule has 4 N–H and O–H groups in total. The first-order valence-corrected chi connectivity index (χ1v) is 10.4. The zero-order chi connectivity index (χ0) is 20.5. The SMILES string of the molecule is CNC[C@H]1Cc2cc(Cl)ccc2N(C(=O)[C@H](N)[C@@H](C)c2c[nH]c3ccccc23)C1. The molecule has 2 heterocycles. The van der Waals surface area contributed by atoms with Crippen LogP contribution in [-0.4, -0.2) is 37.1 Å². The summed E-state index contributed by atoms with van der Waals surface area (Å²) in [4.78, 5) is 18.6. The molecule has 1 aromatic heterocycles. The van der Waals surface area contributed by atoms with Gasteiger partial charge in [-0.25, -0.2) is 0 Å². The minimum atomic E-state index is -0.633. The lowest BCUT2D eigenvalue weighted by Crippen LogP contribution is -2.51. The Balaban J connectivity index is 1.64. The molecule has 0 saturated carbocycles. The first-order valence-electron chi connectivity index (χ1n) is 10.1. The smallest absolute Gasteiger partial charge is 0.244 e. The van der Waals surface area contributed by atoms with Crippen molar-refractivity contribution in [1.82, 2.24) is 10.3 Å². The molecule has 0 aliphatic carbocycles. The van der Waals surface area contributed by atoms with Crippen molar-refractivity contribution in [2.75, 3.05) is 25.0 Å². The van der Waals surface area contributed by atoms with Gasteiger partial charge in [0.1, 0.15) is 0 Å². The molecule has 0 radical (unpaired) electrons. The topological polar surface area (TPSA) is 74.2 Å². The Morgan fingerprint density at radius 1 is 1.34 bits per heavy atom. The van der Waals surface area contributed by atoms with Crippen LogP contribution in [0.5, 0.6) is 0 Å². The maximum atomic E-state index is 13.5. The number of carbonyl (C=O) groups is 1. The summed E-state index contributed by atoms with van der Waals surface area (Å²) < 4.78 is 0. The molecular formula is C23H27ClN4O. The summed E-state index contributed by atoms with van der Waals surface area (Å²) in [7, 11) is 1.93. The number of nitrogens with two attached hydrogens (primary N) is 1. The molecule has 0 bridgehead atoms. The van der Waals surface area contributed by atoms with Crippen molar-refractivity contribution in [3.8, 4) is 0 Å². The Morgan fingerprint density at radius 2 is 2.14 bits per heavy atom. The molecule has 3 aromatic rings. The summed E-state index contributed by atoms with van der Waals surface area (Å²) in [5.41, 5.74) is 10.7. The molecule has 2 aromatic carbocycles. The van der Waals surface area contributed by atoms with E-state index in [1.54, 1.807) is 0 Å². The highest BCUT2D eigenvalue weighted by Gasteiger charge is 2.34. The van der Waals surface area contributed by atoms with Gasteiger partial charge in [-0.3, -0.25) is 4.79 Å². The molecule has 0 saturated heterocycles. The number of H-pyrrole nitrogens is 1. The second-order valence-corrected chi connectivity index (χ2v) is 8.39. The van der Waals surface area contributed by atoms with Gasteiger partial charge in [0.25, 0.3) is 0 Å². The van der Waals surface area contributed by atoms with Crippen LogP contribution in [0.2, 0.25) is 5.02 Å². The van der Waals surface area contributed by atoms with Crippen LogP contribution in [0.4, 0.5) is 5.69 Å². The van der Waals surface area contributed by atoms with Gasteiger partial charge in [0.2, 0.25) is 5.91 Å². The molecule has 152 valence electrons. The highest BCUT2D eigenvalue weighted by molar-refractivity contribution is 6.30. The molecule has 0 spiro atoms. The molecule has 5 nitrogen and oxygen atoms in total. The summed E-state index contributed by atoms with van der Waals surface area (Å²) in [6.07, 6.45) is 2.87. The largest absolute Gasteiger partial charge is 0.361 e. The predicted octanol–water partition coefficient (Wildman–Crippen LogP) is 3.68. The highest BCUT2D eigenvalue weighted by atomic mass is 35.5. The maximum absolute atomic E-state index is 13.5. The number of aromatic nitrogens is 1. The zero-order valence-electron chi connectivity index (χ0n) is 16.8. The quantitative estimate of drug-likeness (QED) is 0.600. The third-order valence-corrected chi connectivity index (χ3v) is 6.21. The molecule has 3 atom stereocenters. The average molecular weight is 411 g/mol. The second kappa shape index (κ2) is 8.19. The molecule has 29 heavy (non-hydrogen) atoms. The fraction of sp³-hybridized carbons (Fsp3) is 0.348. The van der Waals surface area contributed by atoms with Crippen molar-refractivity contribution in [3.63, 3.8) is 0 Å². The number of hydrogen-bond acceptors (Lipinski definition) is 3. The number of hydrogen-bond donors (Lipinski definition) is 3. The standard InChI is InChI=1S/C23H27ClN4O/c1-14(19-12-27-20-6-4-3-5-18(19)20)22(25)23(29)28-13-15(11-26-2)9-16-10-17(24)7-8-21(16)28/h3-8,10,12,14-15,22,26-27H,9,11,13,25H2,1-2H3/t14-,15+,22+/m0/s1. The van der Waals surface area contributed by atoms with Crippen LogP contribution in [0.15, 0.2) is 48.7 Å². The lowest BCUT2D eigenvalue weighted by Gasteiger charge is -2.37. The number of carbonyl (C=O) groups excluding carboxylic acids is 1. The molecule has 6 heteroatoms. The van der Waals surface area contributed by atoms with Crippen LogP contribution in [-0.2, 0) is 11.2 Å². The summed E-state index contributed by atoms with van der Waals surface area (Å²) >= 11 is 6.22. The molecule has 1 amide bonds. The second-order valence-electron chi connectivity index (χ2n) is 7.95. The van der Waals surface area contributed by atoms with Gasteiger partial charge in [0.15, 0.2) is 0 Å². The number of para-hydroxylation sites is 1. The van der Waals surface area contributed by atoms with E-state index in [9.17, 15) is 4.79 Å². The van der Waals surface area contributed by atoms with Crippen LogP contribution >= 0.6 is 11.6 Å². The minimum absolute atomic E-state index is 0.0489. The lowest BCUT2D eigenvalue weighted by molar-refractivity contribution is -0.120. The van der Waals surface area contributed by atoms with Crippen molar-refractivity contribution in [2.45, 2.75) is 25.3 Å². The van der Waals surface area contributed by atoms with E-state index in [4.69, 9.17) is 17.3 Å². The van der Waals surface area contributed by atoms with Gasteiger partial charge in [0, 0.05) is 40.3 Å². The Labute approximate surface area is 176 Å². The first-order chi connectivity index (χ1) is 14.0. The Kier molecular flexibility index (Phi) is 5.63. The molecule has 1 aliphatic rings. The van der Waals surface area contributed by atoms with E-state index in [1.807, 2.05) is 61.5 Å². The fourth-order valence-electron chi connectivity index (χ4n) is 4.41. The van der Waals surface area contributed by atoms with E-state index in [1.165, 1.54) is 0 Å². The van der Waals surface area contributed by atoms with E-state index in [-0.39, 0.29) is 11.8 Å². The van der Waals surface area contributed by atoms with E-state index in [2.05, 4.69) is 16.4 Å². The van der Waals surface area contributed by atoms with Crippen molar-refractivity contribution >= 4 is 34.1 Å². The third-order valence-electron chi connectivity index (χ3n) is 5.98. The monoisotopic (exact) mass is 410 g/mol. The van der Waals surface area contributed by atoms with Crippen LogP contribution in [0.3, 0.4) is 0 Å². The number of aromatic amines is 1. The van der Waals surface area contributed by atoms with Gasteiger partial charge in [-0.15, -0.1) is 0 Å². The summed E-state index contributed by atoms with van der Waals surface area (Å²) in [5, 5.41) is 5.04. The number of amides is 1. The Hall–Kier alpha value is -2.34. The van der Waals surface area contributed by atoms with Crippen LogP contribution in [0.25, 0.3) is 10.9 Å². The van der Waals surface area contributed by atoms with E-state index in [0.29, 0.717) is 17.5 Å². The molecule has 1 aliphatic heterocycles.